The van der Waals surface area contributed by atoms with Gasteiger partial charge in [0.1, 0.15) is 6.61 Å². The molecule has 1 radical (unpaired) electrons. The summed E-state index contributed by atoms with van der Waals surface area (Å²) in [5.74, 6) is 0. The molecular weight excluding hydrogens is 230 g/mol. The molecule has 5 nitrogen and oxygen atoms in total. The Bertz CT molecular complexity index is 532. The number of morpholine rings is 1. The lowest BCUT2D eigenvalue weighted by molar-refractivity contribution is 0.0338. The largest absolute Gasteiger partial charge is 0.379 e. The molecule has 1 aromatic carbocycles. The van der Waals surface area contributed by atoms with Crippen LogP contribution in [0.2, 0.25) is 0 Å². The average molecular weight is 246 g/mol. The maximum Gasteiger partial charge on any atom is 0.107 e. The average Bonchev–Trinajstić information content (AvgIpc) is 2.82. The van der Waals surface area contributed by atoms with Crippen LogP contribution in [0.15, 0.2) is 18.2 Å². The highest BCUT2D eigenvalue weighted by Gasteiger charge is 2.14. The van der Waals surface area contributed by atoms with E-state index >= 15 is 0 Å². The predicted octanol–water partition coefficient (Wildman–Crippen LogP) is 1.33. The van der Waals surface area contributed by atoms with Gasteiger partial charge in [0, 0.05) is 25.0 Å². The summed E-state index contributed by atoms with van der Waals surface area (Å²) in [6.07, 6.45) is 0. The minimum Gasteiger partial charge on any atom is -0.379 e. The molecule has 95 valence electrons. The van der Waals surface area contributed by atoms with Crippen molar-refractivity contribution in [2.75, 3.05) is 26.3 Å². The van der Waals surface area contributed by atoms with Crippen LogP contribution in [0.4, 0.5) is 0 Å². The van der Waals surface area contributed by atoms with Crippen molar-refractivity contribution in [2.45, 2.75) is 13.2 Å². The number of hydrogen-bond acceptors (Lipinski definition) is 3. The lowest BCUT2D eigenvalue weighted by Gasteiger charge is -2.25. The summed E-state index contributed by atoms with van der Waals surface area (Å²) >= 11 is 0. The van der Waals surface area contributed by atoms with E-state index in [-0.39, 0.29) is 6.61 Å². The zero-order chi connectivity index (χ0) is 12.4. The van der Waals surface area contributed by atoms with E-state index in [1.807, 2.05) is 18.2 Å². The molecule has 1 aliphatic heterocycles. The molecule has 0 unspecified atom stereocenters. The van der Waals surface area contributed by atoms with Gasteiger partial charge in [-0.1, -0.05) is 12.1 Å². The first kappa shape index (κ1) is 11.6. The number of hydrogen-bond donors (Lipinski definition) is 1. The third-order valence-electron chi connectivity index (χ3n) is 3.35. The summed E-state index contributed by atoms with van der Waals surface area (Å²) in [5, 5.41) is 19.3. The van der Waals surface area contributed by atoms with Gasteiger partial charge < -0.3 is 4.74 Å². The second kappa shape index (κ2) is 5.06. The maximum atomic E-state index is 10.8. The van der Waals surface area contributed by atoms with Crippen LogP contribution >= 0.6 is 0 Å². The monoisotopic (exact) mass is 246 g/mol. The van der Waals surface area contributed by atoms with Crippen molar-refractivity contribution < 1.29 is 9.84 Å². The van der Waals surface area contributed by atoms with E-state index < -0.39 is 0 Å². The van der Waals surface area contributed by atoms with E-state index in [9.17, 15) is 5.11 Å². The molecule has 2 aromatic rings. The third-order valence-corrected chi connectivity index (χ3v) is 3.35. The first-order valence-corrected chi connectivity index (χ1v) is 6.21. The van der Waals surface area contributed by atoms with Gasteiger partial charge in [-0.15, -0.1) is 0 Å². The fourth-order valence-electron chi connectivity index (χ4n) is 2.30. The van der Waals surface area contributed by atoms with Crippen LogP contribution in [-0.2, 0) is 23.0 Å². The number of rotatable bonds is 3. The Labute approximate surface area is 105 Å². The molecule has 0 bridgehead atoms. The van der Waals surface area contributed by atoms with Crippen molar-refractivity contribution in [2.24, 2.45) is 0 Å². The highest BCUT2D eigenvalue weighted by molar-refractivity contribution is 5.81. The smallest absolute Gasteiger partial charge is 0.107 e. The molecule has 0 spiro atoms. The van der Waals surface area contributed by atoms with E-state index in [0.717, 1.165) is 55.0 Å². The zero-order valence-corrected chi connectivity index (χ0v) is 10.2. The van der Waals surface area contributed by atoms with Gasteiger partial charge >= 0.3 is 0 Å². The Morgan fingerprint density at radius 2 is 2.17 bits per heavy atom. The van der Waals surface area contributed by atoms with Gasteiger partial charge in [-0.05, 0) is 11.6 Å². The Kier molecular flexibility index (Phi) is 3.27. The Balaban J connectivity index is 1.83. The van der Waals surface area contributed by atoms with Gasteiger partial charge in [0.2, 0.25) is 0 Å². The van der Waals surface area contributed by atoms with Crippen LogP contribution in [0, 0.1) is 0 Å². The van der Waals surface area contributed by atoms with Crippen LogP contribution in [0.5, 0.6) is 0 Å². The first-order chi connectivity index (χ1) is 8.86. The predicted molar refractivity (Wildman–Crippen MR) is 66.6 cm³/mol. The molecule has 2 heterocycles. The summed E-state index contributed by atoms with van der Waals surface area (Å²) in [7, 11) is 0. The number of ether oxygens (including phenoxy) is 1. The van der Waals surface area contributed by atoms with E-state index in [0.29, 0.717) is 0 Å². The molecular formula is C13H16N3O2. The van der Waals surface area contributed by atoms with Crippen LogP contribution in [0.1, 0.15) is 11.3 Å². The van der Waals surface area contributed by atoms with E-state index in [4.69, 9.17) is 4.74 Å². The van der Waals surface area contributed by atoms with Gasteiger partial charge in [0.25, 0.3) is 0 Å². The number of aromatic nitrogens is 2. The van der Waals surface area contributed by atoms with Gasteiger partial charge in [-0.3, -0.25) is 10.00 Å². The highest BCUT2D eigenvalue weighted by Crippen LogP contribution is 2.19. The SMILES string of the molecule is [O]Cc1ccc2c(CN3CCOCC3)n[nH]c2c1. The Morgan fingerprint density at radius 1 is 1.33 bits per heavy atom. The van der Waals surface area contributed by atoms with Gasteiger partial charge in [-0.2, -0.15) is 5.10 Å². The highest BCUT2D eigenvalue weighted by atomic mass is 16.5. The summed E-state index contributed by atoms with van der Waals surface area (Å²) < 4.78 is 5.33. The van der Waals surface area contributed by atoms with Crippen LogP contribution in [-0.4, -0.2) is 41.4 Å². The lowest BCUT2D eigenvalue weighted by Crippen LogP contribution is -2.35. The number of benzene rings is 1. The quantitative estimate of drug-likeness (QED) is 0.888. The van der Waals surface area contributed by atoms with Crippen LogP contribution in [0.25, 0.3) is 10.9 Å². The minimum absolute atomic E-state index is 0.187. The molecule has 0 atom stereocenters. The van der Waals surface area contributed by atoms with Crippen molar-refractivity contribution in [3.8, 4) is 0 Å². The molecule has 18 heavy (non-hydrogen) atoms. The van der Waals surface area contributed by atoms with Crippen molar-refractivity contribution >= 4 is 10.9 Å². The third kappa shape index (κ3) is 2.25. The Morgan fingerprint density at radius 3 is 2.94 bits per heavy atom. The number of fused-ring (bicyclic) bond motifs is 1. The molecule has 1 saturated heterocycles. The van der Waals surface area contributed by atoms with Gasteiger partial charge in [0.05, 0.1) is 24.4 Å². The molecule has 0 amide bonds. The zero-order valence-electron chi connectivity index (χ0n) is 10.2. The summed E-state index contributed by atoms with van der Waals surface area (Å²) in [4.78, 5) is 2.33. The number of nitrogens with one attached hydrogen (secondary N) is 1. The summed E-state index contributed by atoms with van der Waals surface area (Å²) in [6, 6.07) is 5.76. The fraction of sp³-hybridized carbons (Fsp3) is 0.462. The number of nitrogens with zero attached hydrogens (tertiary/aromatic N) is 2. The van der Waals surface area contributed by atoms with E-state index in [1.165, 1.54) is 0 Å². The molecule has 1 fully saturated rings. The second-order valence-corrected chi connectivity index (χ2v) is 4.58. The summed E-state index contributed by atoms with van der Waals surface area (Å²) in [5.41, 5.74) is 2.79. The normalized spacial score (nSPS) is 17.4. The second-order valence-electron chi connectivity index (χ2n) is 4.58. The van der Waals surface area contributed by atoms with Gasteiger partial charge in [-0.25, -0.2) is 5.11 Å². The lowest BCUT2D eigenvalue weighted by atomic mass is 10.1. The topological polar surface area (TPSA) is 61.1 Å². The van der Waals surface area contributed by atoms with E-state index in [2.05, 4.69) is 15.1 Å². The molecule has 3 rings (SSSR count). The van der Waals surface area contributed by atoms with Crippen LogP contribution in [0.3, 0.4) is 0 Å². The van der Waals surface area contributed by atoms with Gasteiger partial charge in [0.15, 0.2) is 0 Å². The fourth-order valence-corrected chi connectivity index (χ4v) is 2.30. The molecule has 1 aliphatic rings. The molecule has 0 aliphatic carbocycles. The molecule has 5 heteroatoms. The van der Waals surface area contributed by atoms with E-state index in [1.54, 1.807) is 0 Å². The Hall–Kier alpha value is -1.43. The van der Waals surface area contributed by atoms with Crippen LogP contribution < -0.4 is 0 Å². The molecule has 0 saturated carbocycles. The molecule has 1 N–H and O–H groups in total. The van der Waals surface area contributed by atoms with Crippen molar-refractivity contribution in [1.29, 1.82) is 0 Å². The van der Waals surface area contributed by atoms with Crippen molar-refractivity contribution in [3.63, 3.8) is 0 Å². The van der Waals surface area contributed by atoms with Crippen molar-refractivity contribution in [1.82, 2.24) is 15.1 Å². The number of aromatic amines is 1. The molecule has 1 aromatic heterocycles. The first-order valence-electron chi connectivity index (χ1n) is 6.21. The van der Waals surface area contributed by atoms with Crippen molar-refractivity contribution in [3.05, 3.63) is 29.5 Å². The summed E-state index contributed by atoms with van der Waals surface area (Å²) in [6.45, 7) is 4.14. The number of H-pyrrole nitrogens is 1. The maximum absolute atomic E-state index is 10.8. The standard InChI is InChI=1S/C13H16N3O2/c17-9-10-1-2-11-12(7-10)14-15-13(11)8-16-3-5-18-6-4-16/h1-2,7H,3-6,8-9H2,(H,14,15). The minimum atomic E-state index is -0.187.